The molecule has 0 spiro atoms. The van der Waals surface area contributed by atoms with Crippen LogP contribution >= 0.6 is 0 Å². The van der Waals surface area contributed by atoms with E-state index in [1.54, 1.807) is 18.2 Å². The number of likely N-dealkylation sites (tertiary alicyclic amines) is 1. The smallest absolute Gasteiger partial charge is 0.420 e. The van der Waals surface area contributed by atoms with E-state index in [1.165, 1.54) is 6.07 Å². The molecule has 0 aromatic heterocycles. The highest BCUT2D eigenvalue weighted by atomic mass is 19.4. The number of alkyl halides is 3. The van der Waals surface area contributed by atoms with Crippen LogP contribution in [0, 0.1) is 11.8 Å². The van der Waals surface area contributed by atoms with Crippen molar-refractivity contribution in [2.45, 2.75) is 90.0 Å². The van der Waals surface area contributed by atoms with Gasteiger partial charge in [-0.1, -0.05) is 38.5 Å². The van der Waals surface area contributed by atoms with E-state index in [-0.39, 0.29) is 35.6 Å². The van der Waals surface area contributed by atoms with Gasteiger partial charge >= 0.3 is 12.1 Å². The van der Waals surface area contributed by atoms with E-state index < -0.39 is 17.7 Å². The Bertz CT molecular complexity index is 1050. The van der Waals surface area contributed by atoms with Crippen LogP contribution in [-0.2, 0) is 11.0 Å². The highest BCUT2D eigenvalue weighted by molar-refractivity contribution is 5.89. The van der Waals surface area contributed by atoms with Gasteiger partial charge in [-0.25, -0.2) is 0 Å². The summed E-state index contributed by atoms with van der Waals surface area (Å²) in [5.41, 5.74) is 0.156. The van der Waals surface area contributed by atoms with Gasteiger partial charge in [-0.2, -0.15) is 13.2 Å². The summed E-state index contributed by atoms with van der Waals surface area (Å²) >= 11 is 0. The second-order valence-electron chi connectivity index (χ2n) is 10.6. The second kappa shape index (κ2) is 11.4. The van der Waals surface area contributed by atoms with E-state index in [9.17, 15) is 23.1 Å². The number of carboxylic acid groups (broad SMARTS) is 1. The van der Waals surface area contributed by atoms with E-state index in [0.717, 1.165) is 63.5 Å². The summed E-state index contributed by atoms with van der Waals surface area (Å²) in [6.45, 7) is 5.67. The molecular formula is C29H38F3NO3. The fraction of sp³-hybridized carbons (Fsp3) is 0.621. The van der Waals surface area contributed by atoms with Gasteiger partial charge in [0.25, 0.3) is 0 Å². The molecule has 2 aromatic carbocycles. The van der Waals surface area contributed by atoms with Crippen LogP contribution in [0.25, 0.3) is 10.8 Å². The number of carbonyl (C=O) groups is 1. The van der Waals surface area contributed by atoms with Crippen molar-refractivity contribution >= 4 is 16.7 Å². The SMILES string of the molecule is CCC(c1ccc2ccc(O[C@H]3CC[C@@H](CC)CC3)c(C(F)(F)F)c2c1)N1CCC[C@H](CC(=O)O)C1. The molecule has 1 unspecified atom stereocenters. The highest BCUT2D eigenvalue weighted by Gasteiger charge is 2.38. The molecule has 36 heavy (non-hydrogen) atoms. The number of fused-ring (bicyclic) bond motifs is 1. The van der Waals surface area contributed by atoms with E-state index in [1.807, 2.05) is 13.0 Å². The van der Waals surface area contributed by atoms with Crippen molar-refractivity contribution in [3.05, 3.63) is 41.5 Å². The average Bonchev–Trinajstić information content (AvgIpc) is 2.84. The molecule has 2 atom stereocenters. The van der Waals surface area contributed by atoms with Crippen molar-refractivity contribution in [1.82, 2.24) is 4.90 Å². The van der Waals surface area contributed by atoms with Gasteiger partial charge in [-0.05, 0) is 91.8 Å². The minimum Gasteiger partial charge on any atom is -0.490 e. The number of piperidine rings is 1. The predicted octanol–water partition coefficient (Wildman–Crippen LogP) is 7.84. The molecular weight excluding hydrogens is 467 g/mol. The normalized spacial score (nSPS) is 24.5. The summed E-state index contributed by atoms with van der Waals surface area (Å²) in [7, 11) is 0. The lowest BCUT2D eigenvalue weighted by atomic mass is 9.86. The van der Waals surface area contributed by atoms with E-state index in [4.69, 9.17) is 4.74 Å². The van der Waals surface area contributed by atoms with Gasteiger partial charge in [0.15, 0.2) is 0 Å². The van der Waals surface area contributed by atoms with E-state index in [0.29, 0.717) is 17.8 Å². The van der Waals surface area contributed by atoms with Gasteiger partial charge in [-0.3, -0.25) is 9.69 Å². The molecule has 4 rings (SSSR count). The van der Waals surface area contributed by atoms with Crippen LogP contribution in [0.15, 0.2) is 30.3 Å². The minimum atomic E-state index is -4.53. The zero-order valence-corrected chi connectivity index (χ0v) is 21.3. The molecule has 198 valence electrons. The number of benzene rings is 2. The summed E-state index contributed by atoms with van der Waals surface area (Å²) in [5, 5.41) is 9.95. The third kappa shape index (κ3) is 6.16. The maximum absolute atomic E-state index is 14.4. The van der Waals surface area contributed by atoms with Crippen molar-refractivity contribution < 1.29 is 27.8 Å². The summed E-state index contributed by atoms with van der Waals surface area (Å²) in [6, 6.07) is 8.54. The van der Waals surface area contributed by atoms with Gasteiger partial charge in [0.05, 0.1) is 6.10 Å². The Hall–Kier alpha value is -2.28. The van der Waals surface area contributed by atoms with Crippen LogP contribution < -0.4 is 4.74 Å². The lowest BCUT2D eigenvalue weighted by Gasteiger charge is -2.38. The molecule has 2 aliphatic rings. The molecule has 2 aromatic rings. The lowest BCUT2D eigenvalue weighted by molar-refractivity contribution is -0.139. The fourth-order valence-corrected chi connectivity index (χ4v) is 6.25. The minimum absolute atomic E-state index is 0.0547. The molecule has 1 aliphatic carbocycles. The third-order valence-corrected chi connectivity index (χ3v) is 8.18. The number of ether oxygens (including phenoxy) is 1. The van der Waals surface area contributed by atoms with E-state index in [2.05, 4.69) is 11.8 Å². The van der Waals surface area contributed by atoms with Crippen molar-refractivity contribution in [3.63, 3.8) is 0 Å². The number of aliphatic carboxylic acids is 1. The average molecular weight is 506 g/mol. The van der Waals surface area contributed by atoms with E-state index >= 15 is 0 Å². The first-order valence-electron chi connectivity index (χ1n) is 13.5. The van der Waals surface area contributed by atoms with Crippen molar-refractivity contribution in [2.24, 2.45) is 11.8 Å². The molecule has 2 fully saturated rings. The van der Waals surface area contributed by atoms with Crippen molar-refractivity contribution in [1.29, 1.82) is 0 Å². The zero-order chi connectivity index (χ0) is 25.9. The molecule has 7 heteroatoms. The highest BCUT2D eigenvalue weighted by Crippen LogP contribution is 2.44. The monoisotopic (exact) mass is 505 g/mol. The molecule has 0 radical (unpaired) electrons. The Kier molecular flexibility index (Phi) is 8.48. The Morgan fingerprint density at radius 2 is 1.81 bits per heavy atom. The summed E-state index contributed by atoms with van der Waals surface area (Å²) < 4.78 is 49.4. The standard InChI is InChI=1S/C29H38F3NO3/c1-3-19-7-12-23(13-8-19)36-26-14-11-21-9-10-22(17-24(21)28(26)29(30,31)32)25(4-2)33-15-5-6-20(18-33)16-27(34)35/h9-11,14,17,19-20,23,25H,3-8,12-13,15-16,18H2,1-2H3,(H,34,35)/t19-,20-,23+,25?/m1/s1. The van der Waals surface area contributed by atoms with Crippen LogP contribution in [0.5, 0.6) is 5.75 Å². The summed E-state index contributed by atoms with van der Waals surface area (Å²) in [5.74, 6) is -0.160. The maximum atomic E-state index is 14.4. The summed E-state index contributed by atoms with van der Waals surface area (Å²) in [6.07, 6.45) is 2.60. The van der Waals surface area contributed by atoms with Gasteiger partial charge in [0, 0.05) is 19.0 Å². The molecule has 1 saturated carbocycles. The van der Waals surface area contributed by atoms with Crippen LogP contribution in [0.4, 0.5) is 13.2 Å². The number of hydrogen-bond acceptors (Lipinski definition) is 3. The molecule has 1 saturated heterocycles. The molecule has 1 heterocycles. The van der Waals surface area contributed by atoms with Gasteiger partial charge in [0.2, 0.25) is 0 Å². The largest absolute Gasteiger partial charge is 0.490 e. The lowest BCUT2D eigenvalue weighted by Crippen LogP contribution is -2.38. The second-order valence-corrected chi connectivity index (χ2v) is 10.6. The first-order chi connectivity index (χ1) is 17.2. The Labute approximate surface area is 211 Å². The molecule has 1 N–H and O–H groups in total. The van der Waals surface area contributed by atoms with Crippen molar-refractivity contribution in [3.8, 4) is 5.75 Å². The molecule has 0 bridgehead atoms. The maximum Gasteiger partial charge on any atom is 0.420 e. The quantitative estimate of drug-likeness (QED) is 0.397. The number of hydrogen-bond donors (Lipinski definition) is 1. The predicted molar refractivity (Wildman–Crippen MR) is 135 cm³/mol. The topological polar surface area (TPSA) is 49.8 Å². The third-order valence-electron chi connectivity index (χ3n) is 8.18. The van der Waals surface area contributed by atoms with Crippen LogP contribution in [0.2, 0.25) is 0 Å². The van der Waals surface area contributed by atoms with Crippen molar-refractivity contribution in [2.75, 3.05) is 13.1 Å². The van der Waals surface area contributed by atoms with Crippen LogP contribution in [0.3, 0.4) is 0 Å². The van der Waals surface area contributed by atoms with Crippen LogP contribution in [0.1, 0.15) is 88.8 Å². The van der Waals surface area contributed by atoms with Gasteiger partial charge < -0.3 is 9.84 Å². The van der Waals surface area contributed by atoms with Crippen LogP contribution in [-0.4, -0.2) is 35.2 Å². The zero-order valence-electron chi connectivity index (χ0n) is 21.3. The molecule has 4 nitrogen and oxygen atoms in total. The first kappa shape index (κ1) is 26.8. The number of carboxylic acids is 1. The number of rotatable bonds is 8. The van der Waals surface area contributed by atoms with Gasteiger partial charge in [0.1, 0.15) is 11.3 Å². The Morgan fingerprint density at radius 3 is 2.44 bits per heavy atom. The summed E-state index contributed by atoms with van der Waals surface area (Å²) in [4.78, 5) is 13.5. The Morgan fingerprint density at radius 1 is 1.08 bits per heavy atom. The molecule has 0 amide bonds. The van der Waals surface area contributed by atoms with Gasteiger partial charge in [-0.15, -0.1) is 0 Å². The fourth-order valence-electron chi connectivity index (χ4n) is 6.25. The number of nitrogens with zero attached hydrogens (tertiary/aromatic N) is 1. The molecule has 1 aliphatic heterocycles. The Balaban J connectivity index is 1.65. The number of halogens is 3. The first-order valence-corrected chi connectivity index (χ1v) is 13.5.